The van der Waals surface area contributed by atoms with Crippen LogP contribution in [0.15, 0.2) is 36.4 Å². The summed E-state index contributed by atoms with van der Waals surface area (Å²) in [6, 6.07) is 9.20. The number of hydrogen-bond donors (Lipinski definition) is 1. The predicted molar refractivity (Wildman–Crippen MR) is 76.5 cm³/mol. The Labute approximate surface area is 125 Å². The molecule has 0 aliphatic carbocycles. The van der Waals surface area contributed by atoms with Crippen LogP contribution in [0.2, 0.25) is 15.1 Å². The molecule has 2 rings (SSSR count). The van der Waals surface area contributed by atoms with Crippen LogP contribution >= 0.6 is 34.8 Å². The van der Waals surface area contributed by atoms with Crippen LogP contribution in [0.4, 0.5) is 4.39 Å². The van der Waals surface area contributed by atoms with Crippen molar-refractivity contribution in [2.75, 3.05) is 0 Å². The fourth-order valence-corrected chi connectivity index (χ4v) is 2.51. The molecule has 0 saturated carbocycles. The molecule has 0 aliphatic heterocycles. The highest BCUT2D eigenvalue weighted by atomic mass is 35.5. The molecule has 0 fully saturated rings. The molecular weight excluding hydrogens is 310 g/mol. The summed E-state index contributed by atoms with van der Waals surface area (Å²) < 4.78 is 13.7. The van der Waals surface area contributed by atoms with E-state index in [-0.39, 0.29) is 17.0 Å². The molecule has 0 aromatic heterocycles. The third-order valence-electron chi connectivity index (χ3n) is 2.78. The van der Waals surface area contributed by atoms with E-state index in [0.29, 0.717) is 15.6 Å². The summed E-state index contributed by atoms with van der Waals surface area (Å²) in [6.07, 6.45) is -0.897. The Morgan fingerprint density at radius 3 is 2.26 bits per heavy atom. The molecule has 1 unspecified atom stereocenters. The van der Waals surface area contributed by atoms with Crippen molar-refractivity contribution >= 4 is 34.8 Å². The predicted octanol–water partition coefficient (Wildman–Crippen LogP) is 5.06. The average molecular weight is 320 g/mol. The first-order chi connectivity index (χ1) is 8.99. The Kier molecular flexibility index (Phi) is 4.69. The molecule has 19 heavy (non-hydrogen) atoms. The van der Waals surface area contributed by atoms with Gasteiger partial charge in [-0.25, -0.2) is 4.39 Å². The van der Waals surface area contributed by atoms with Gasteiger partial charge in [0, 0.05) is 27.1 Å². The van der Waals surface area contributed by atoms with Crippen LogP contribution < -0.4 is 0 Å². The number of benzene rings is 2. The van der Waals surface area contributed by atoms with Gasteiger partial charge in [-0.05, 0) is 29.8 Å². The Balaban J connectivity index is 2.28. The van der Waals surface area contributed by atoms with Gasteiger partial charge >= 0.3 is 0 Å². The molecule has 1 nitrogen and oxygen atoms in total. The number of rotatable bonds is 3. The van der Waals surface area contributed by atoms with Gasteiger partial charge in [-0.1, -0.05) is 46.9 Å². The molecule has 0 bridgehead atoms. The summed E-state index contributed by atoms with van der Waals surface area (Å²) in [5, 5.41) is 11.3. The molecule has 100 valence electrons. The van der Waals surface area contributed by atoms with Crippen molar-refractivity contribution in [3.05, 3.63) is 68.4 Å². The van der Waals surface area contributed by atoms with Crippen molar-refractivity contribution in [2.45, 2.75) is 12.5 Å². The zero-order chi connectivity index (χ0) is 14.0. The summed E-state index contributed by atoms with van der Waals surface area (Å²) in [5.74, 6) is -0.553. The van der Waals surface area contributed by atoms with E-state index in [1.54, 1.807) is 18.2 Å². The third kappa shape index (κ3) is 3.40. The fraction of sp³-hybridized carbons (Fsp3) is 0.143. The van der Waals surface area contributed by atoms with Crippen LogP contribution in [0.3, 0.4) is 0 Å². The summed E-state index contributed by atoms with van der Waals surface area (Å²) in [7, 11) is 0. The monoisotopic (exact) mass is 318 g/mol. The second-order valence-corrected chi connectivity index (χ2v) is 5.34. The van der Waals surface area contributed by atoms with E-state index in [1.807, 2.05) is 0 Å². The van der Waals surface area contributed by atoms with Crippen molar-refractivity contribution in [2.24, 2.45) is 0 Å². The first kappa shape index (κ1) is 14.6. The molecule has 0 aliphatic rings. The van der Waals surface area contributed by atoms with E-state index in [0.717, 1.165) is 6.07 Å². The maximum Gasteiger partial charge on any atom is 0.130 e. The van der Waals surface area contributed by atoms with Crippen molar-refractivity contribution < 1.29 is 9.50 Å². The maximum absolute atomic E-state index is 13.7. The lowest BCUT2D eigenvalue weighted by Crippen LogP contribution is -2.05. The minimum Gasteiger partial charge on any atom is -0.388 e. The molecule has 1 atom stereocenters. The second kappa shape index (κ2) is 6.10. The Morgan fingerprint density at radius 1 is 1.05 bits per heavy atom. The second-order valence-electron chi connectivity index (χ2n) is 4.09. The average Bonchev–Trinajstić information content (AvgIpc) is 2.33. The zero-order valence-electron chi connectivity index (χ0n) is 9.71. The third-order valence-corrected chi connectivity index (χ3v) is 3.72. The largest absolute Gasteiger partial charge is 0.388 e. The highest BCUT2D eigenvalue weighted by molar-refractivity contribution is 6.36. The molecule has 0 saturated heterocycles. The minimum absolute atomic E-state index is 0.136. The summed E-state index contributed by atoms with van der Waals surface area (Å²) in [5.41, 5.74) is 0.757. The number of aliphatic hydroxyl groups is 1. The summed E-state index contributed by atoms with van der Waals surface area (Å²) >= 11 is 17.7. The molecule has 2 aromatic carbocycles. The fourth-order valence-electron chi connectivity index (χ4n) is 1.80. The standard InChI is InChI=1S/C14H10Cl3FO/c15-8-4-5-9(13(18)6-8)14(19)7-10-11(16)2-1-3-12(10)17/h1-6,14,19H,7H2. The van der Waals surface area contributed by atoms with Gasteiger partial charge in [0.2, 0.25) is 0 Å². The maximum atomic E-state index is 13.7. The lowest BCUT2D eigenvalue weighted by molar-refractivity contribution is 0.173. The van der Waals surface area contributed by atoms with Crippen LogP contribution in [0.5, 0.6) is 0 Å². The molecule has 0 spiro atoms. The molecule has 1 N–H and O–H groups in total. The van der Waals surface area contributed by atoms with E-state index in [1.165, 1.54) is 12.1 Å². The smallest absolute Gasteiger partial charge is 0.130 e. The zero-order valence-corrected chi connectivity index (χ0v) is 12.0. The van der Waals surface area contributed by atoms with Crippen LogP contribution in [-0.2, 0) is 6.42 Å². The Hall–Kier alpha value is -0.800. The van der Waals surface area contributed by atoms with Crippen LogP contribution in [0.1, 0.15) is 17.2 Å². The van der Waals surface area contributed by atoms with Crippen molar-refractivity contribution in [3.8, 4) is 0 Å². The van der Waals surface area contributed by atoms with E-state index < -0.39 is 11.9 Å². The lowest BCUT2D eigenvalue weighted by Gasteiger charge is -2.14. The van der Waals surface area contributed by atoms with Gasteiger partial charge in [-0.3, -0.25) is 0 Å². The van der Waals surface area contributed by atoms with E-state index >= 15 is 0 Å². The normalized spacial score (nSPS) is 12.5. The van der Waals surface area contributed by atoms with E-state index in [2.05, 4.69) is 0 Å². The van der Waals surface area contributed by atoms with Gasteiger partial charge < -0.3 is 5.11 Å². The summed E-state index contributed by atoms with van der Waals surface area (Å²) in [4.78, 5) is 0. The van der Waals surface area contributed by atoms with Gasteiger partial charge in [0.15, 0.2) is 0 Å². The van der Waals surface area contributed by atoms with Crippen molar-refractivity contribution in [3.63, 3.8) is 0 Å². The molecule has 5 heteroatoms. The van der Waals surface area contributed by atoms with Crippen molar-refractivity contribution in [1.29, 1.82) is 0 Å². The van der Waals surface area contributed by atoms with Gasteiger partial charge in [-0.15, -0.1) is 0 Å². The topological polar surface area (TPSA) is 20.2 Å². The van der Waals surface area contributed by atoms with Gasteiger partial charge in [0.05, 0.1) is 6.10 Å². The molecule has 0 heterocycles. The number of halogens is 4. The van der Waals surface area contributed by atoms with E-state index in [9.17, 15) is 9.50 Å². The Morgan fingerprint density at radius 2 is 1.68 bits per heavy atom. The molecule has 0 amide bonds. The van der Waals surface area contributed by atoms with Gasteiger partial charge in [0.25, 0.3) is 0 Å². The minimum atomic E-state index is -1.03. The van der Waals surface area contributed by atoms with Crippen LogP contribution in [0, 0.1) is 5.82 Å². The van der Waals surface area contributed by atoms with Gasteiger partial charge in [0.1, 0.15) is 5.82 Å². The first-order valence-corrected chi connectivity index (χ1v) is 6.68. The lowest BCUT2D eigenvalue weighted by atomic mass is 10.0. The highest BCUT2D eigenvalue weighted by Gasteiger charge is 2.17. The van der Waals surface area contributed by atoms with E-state index in [4.69, 9.17) is 34.8 Å². The molecule has 0 radical (unpaired) electrons. The highest BCUT2D eigenvalue weighted by Crippen LogP contribution is 2.30. The quantitative estimate of drug-likeness (QED) is 0.838. The number of aliphatic hydroxyl groups excluding tert-OH is 1. The van der Waals surface area contributed by atoms with Gasteiger partial charge in [-0.2, -0.15) is 0 Å². The number of hydrogen-bond acceptors (Lipinski definition) is 1. The van der Waals surface area contributed by atoms with Crippen molar-refractivity contribution in [1.82, 2.24) is 0 Å². The SMILES string of the molecule is OC(Cc1c(Cl)cccc1Cl)c1ccc(Cl)cc1F. The first-order valence-electron chi connectivity index (χ1n) is 5.55. The van der Waals surface area contributed by atoms with Crippen LogP contribution in [-0.4, -0.2) is 5.11 Å². The molecular formula is C14H10Cl3FO. The van der Waals surface area contributed by atoms with Crippen LogP contribution in [0.25, 0.3) is 0 Å². The molecule has 2 aromatic rings. The Bertz CT molecular complexity index is 581. The summed E-state index contributed by atoms with van der Waals surface area (Å²) in [6.45, 7) is 0.